The van der Waals surface area contributed by atoms with Crippen molar-refractivity contribution in [2.45, 2.75) is 12.8 Å². The van der Waals surface area contributed by atoms with Crippen LogP contribution < -0.4 is 9.75 Å². The Morgan fingerprint density at radius 1 is 1.09 bits per heavy atom. The number of carbonyl (C=O) groups excluding carboxylic acids is 3. The molecule has 2 heterocycles. The fourth-order valence-corrected chi connectivity index (χ4v) is 3.78. The quantitative estimate of drug-likeness (QED) is 0.594. The third-order valence-electron chi connectivity index (χ3n) is 4.89. The molecule has 2 aliphatic rings. The van der Waals surface area contributed by atoms with Gasteiger partial charge in [-0.3, -0.25) is 14.4 Å². The Bertz CT molecular complexity index is 1340. The van der Waals surface area contributed by atoms with Crippen molar-refractivity contribution in [2.24, 2.45) is 10.1 Å². The van der Waals surface area contributed by atoms with Crippen molar-refractivity contribution in [2.75, 3.05) is 11.6 Å². The van der Waals surface area contributed by atoms with Crippen LogP contribution in [0.2, 0.25) is 10.0 Å². The van der Waals surface area contributed by atoms with E-state index in [0.29, 0.717) is 5.57 Å². The average molecular weight is 499 g/mol. The minimum Gasteiger partial charge on any atom is -0.436 e. The van der Waals surface area contributed by atoms with Gasteiger partial charge in [0.25, 0.3) is 5.91 Å². The highest BCUT2D eigenvalue weighted by atomic mass is 35.5. The van der Waals surface area contributed by atoms with E-state index >= 15 is 0 Å². The number of nitrogens with zero attached hydrogens (tertiary/aromatic N) is 4. The number of rotatable bonds is 4. The summed E-state index contributed by atoms with van der Waals surface area (Å²) in [4.78, 5) is 40.2. The first-order valence-corrected chi connectivity index (χ1v) is 10.5. The van der Waals surface area contributed by atoms with E-state index in [1.54, 1.807) is 18.2 Å². The van der Waals surface area contributed by atoms with Crippen LogP contribution in [0, 0.1) is 17.1 Å². The summed E-state index contributed by atoms with van der Waals surface area (Å²) in [6, 6.07) is 10.1. The van der Waals surface area contributed by atoms with Gasteiger partial charge < -0.3 is 4.74 Å². The molecule has 0 atom stereocenters. The molecule has 0 N–H and O–H groups in total. The predicted molar refractivity (Wildman–Crippen MR) is 123 cm³/mol. The van der Waals surface area contributed by atoms with Gasteiger partial charge >= 0.3 is 0 Å². The molecule has 0 aromatic heterocycles. The van der Waals surface area contributed by atoms with Gasteiger partial charge in [0.1, 0.15) is 18.4 Å². The molecule has 0 aliphatic carbocycles. The fourth-order valence-electron chi connectivity index (χ4n) is 3.22. The molecule has 0 bridgehead atoms. The number of anilines is 1. The molecule has 1 amide bonds. The maximum Gasteiger partial charge on any atom is 0.255 e. The van der Waals surface area contributed by atoms with Crippen molar-refractivity contribution >= 4 is 58.0 Å². The number of Topliss-reactive ketones (excluding diaryl/α,β-unsaturated/α-hetero) is 2. The first kappa shape index (κ1) is 23.3. The normalized spacial score (nSPS) is 16.0. The number of hydrazone groups is 1. The van der Waals surface area contributed by atoms with Crippen LogP contribution in [-0.4, -0.2) is 35.6 Å². The lowest BCUT2D eigenvalue weighted by atomic mass is 10.00. The molecular formula is C23H13Cl2FN4O4. The summed E-state index contributed by atoms with van der Waals surface area (Å²) in [5.74, 6) is -1.77. The minimum atomic E-state index is -0.672. The first-order valence-electron chi connectivity index (χ1n) is 9.79. The van der Waals surface area contributed by atoms with Crippen LogP contribution in [0.25, 0.3) is 0 Å². The molecule has 2 aromatic carbocycles. The van der Waals surface area contributed by atoms with Crippen LogP contribution in [0.5, 0.6) is 5.75 Å². The number of ketones is 2. The number of benzene rings is 2. The van der Waals surface area contributed by atoms with Gasteiger partial charge in [-0.25, -0.2) is 9.38 Å². The SMILES string of the molecule is N#CC1=NN(c2cc(Cl)c(OC3=NCC(=O)C(Cc4ccc(F)cc4)=C3)c(Cl)c2)C(=O)CC1=O. The third kappa shape index (κ3) is 4.88. The zero-order valence-electron chi connectivity index (χ0n) is 17.2. The Morgan fingerprint density at radius 2 is 1.76 bits per heavy atom. The van der Waals surface area contributed by atoms with Crippen LogP contribution >= 0.6 is 23.2 Å². The molecule has 0 fully saturated rings. The Balaban J connectivity index is 1.58. The number of nitriles is 1. The van der Waals surface area contributed by atoms with E-state index in [1.165, 1.54) is 30.3 Å². The fraction of sp³-hybridized carbons (Fsp3) is 0.130. The van der Waals surface area contributed by atoms with E-state index in [-0.39, 0.29) is 51.9 Å². The van der Waals surface area contributed by atoms with Crippen molar-refractivity contribution in [1.82, 2.24) is 0 Å². The van der Waals surface area contributed by atoms with Crippen LogP contribution in [-0.2, 0) is 20.8 Å². The molecule has 0 radical (unpaired) electrons. The average Bonchev–Trinajstić information content (AvgIpc) is 2.80. The Labute approximate surface area is 202 Å². The summed E-state index contributed by atoms with van der Waals surface area (Å²) in [6.07, 6.45) is 1.21. The lowest BCUT2D eigenvalue weighted by molar-refractivity contribution is -0.124. The van der Waals surface area contributed by atoms with Crippen LogP contribution in [0.4, 0.5) is 10.1 Å². The van der Waals surface area contributed by atoms with Crippen molar-refractivity contribution in [3.63, 3.8) is 0 Å². The van der Waals surface area contributed by atoms with Crippen LogP contribution in [0.3, 0.4) is 0 Å². The van der Waals surface area contributed by atoms with Gasteiger partial charge in [0.15, 0.2) is 11.5 Å². The molecule has 4 rings (SSSR count). The lowest BCUT2D eigenvalue weighted by Crippen LogP contribution is -2.36. The highest BCUT2D eigenvalue weighted by Gasteiger charge is 2.29. The van der Waals surface area contributed by atoms with E-state index in [9.17, 15) is 18.8 Å². The standard InChI is InChI=1S/C23H13Cl2FN4O4/c24-16-7-15(30-22(33)9-19(31)18(10-27)29-30)8-17(25)23(16)34-21-6-13(20(32)11-28-21)5-12-1-3-14(26)4-2-12/h1-4,6-8H,5,9,11H2. The second kappa shape index (κ2) is 9.55. The van der Waals surface area contributed by atoms with Crippen LogP contribution in [0.15, 0.2) is 58.1 Å². The van der Waals surface area contributed by atoms with E-state index < -0.39 is 23.8 Å². The molecule has 0 saturated carbocycles. The van der Waals surface area contributed by atoms with E-state index in [1.807, 2.05) is 0 Å². The molecular weight excluding hydrogens is 486 g/mol. The molecule has 11 heteroatoms. The molecule has 0 unspecified atom stereocenters. The maximum absolute atomic E-state index is 13.1. The predicted octanol–water partition coefficient (Wildman–Crippen LogP) is 3.85. The minimum absolute atomic E-state index is 0.00833. The molecule has 34 heavy (non-hydrogen) atoms. The van der Waals surface area contributed by atoms with E-state index in [0.717, 1.165) is 10.6 Å². The second-order valence-electron chi connectivity index (χ2n) is 7.26. The van der Waals surface area contributed by atoms with Crippen molar-refractivity contribution in [3.05, 3.63) is 69.5 Å². The number of hydrogen-bond donors (Lipinski definition) is 0. The largest absolute Gasteiger partial charge is 0.436 e. The smallest absolute Gasteiger partial charge is 0.255 e. The van der Waals surface area contributed by atoms with Gasteiger partial charge in [-0.2, -0.15) is 15.4 Å². The zero-order chi connectivity index (χ0) is 24.4. The third-order valence-corrected chi connectivity index (χ3v) is 5.46. The molecule has 170 valence electrons. The summed E-state index contributed by atoms with van der Waals surface area (Å²) < 4.78 is 18.9. The van der Waals surface area contributed by atoms with Crippen molar-refractivity contribution in [1.29, 1.82) is 5.26 Å². The summed E-state index contributed by atoms with van der Waals surface area (Å²) in [6.45, 7) is -0.141. The zero-order valence-corrected chi connectivity index (χ0v) is 18.7. The van der Waals surface area contributed by atoms with Gasteiger partial charge in [-0.15, -0.1) is 0 Å². The van der Waals surface area contributed by atoms with Gasteiger partial charge in [-0.1, -0.05) is 35.3 Å². The Hall–Kier alpha value is -3.87. The van der Waals surface area contributed by atoms with Crippen molar-refractivity contribution < 1.29 is 23.5 Å². The number of hydrogen-bond acceptors (Lipinski definition) is 7. The topological polar surface area (TPSA) is 112 Å². The monoisotopic (exact) mass is 498 g/mol. The van der Waals surface area contributed by atoms with Crippen LogP contribution in [0.1, 0.15) is 12.0 Å². The number of halogens is 3. The van der Waals surface area contributed by atoms with Gasteiger partial charge in [-0.05, 0) is 29.8 Å². The number of ether oxygens (including phenoxy) is 1. The number of carbonyl (C=O) groups is 3. The summed E-state index contributed by atoms with van der Waals surface area (Å²) in [5.41, 5.74) is 0.889. The Kier molecular flexibility index (Phi) is 6.54. The molecule has 2 aromatic rings. The summed E-state index contributed by atoms with van der Waals surface area (Å²) in [7, 11) is 0. The summed E-state index contributed by atoms with van der Waals surface area (Å²) in [5, 5.41) is 13.7. The maximum atomic E-state index is 13.1. The highest BCUT2D eigenvalue weighted by molar-refractivity contribution is 6.50. The lowest BCUT2D eigenvalue weighted by Gasteiger charge is -2.22. The molecule has 0 saturated heterocycles. The number of amides is 1. The Morgan fingerprint density at radius 3 is 2.41 bits per heavy atom. The van der Waals surface area contributed by atoms with Gasteiger partial charge in [0, 0.05) is 18.1 Å². The van der Waals surface area contributed by atoms with E-state index in [2.05, 4.69) is 10.1 Å². The van der Waals surface area contributed by atoms with Gasteiger partial charge in [0.2, 0.25) is 17.4 Å². The molecule has 8 nitrogen and oxygen atoms in total. The van der Waals surface area contributed by atoms with Crippen molar-refractivity contribution in [3.8, 4) is 11.8 Å². The molecule has 2 aliphatic heterocycles. The molecule has 0 spiro atoms. The highest BCUT2D eigenvalue weighted by Crippen LogP contribution is 2.38. The number of aliphatic imine (C=N–C) groups is 1. The second-order valence-corrected chi connectivity index (χ2v) is 8.07. The van der Waals surface area contributed by atoms with Gasteiger partial charge in [0.05, 0.1) is 22.2 Å². The first-order chi connectivity index (χ1) is 16.2. The summed E-state index contributed by atoms with van der Waals surface area (Å²) >= 11 is 12.6. The number of dihydropyridines is 1. The van der Waals surface area contributed by atoms with E-state index in [4.69, 9.17) is 33.2 Å².